The van der Waals surface area contributed by atoms with Gasteiger partial charge in [-0.25, -0.2) is 15.0 Å². The number of aromatic nitrogens is 4. The van der Waals surface area contributed by atoms with Crippen LogP contribution in [0.4, 0.5) is 5.82 Å². The largest absolute Gasteiger partial charge is 0.352 e. The molecule has 3 heterocycles. The Morgan fingerprint density at radius 1 is 0.938 bits per heavy atom. The minimum absolute atomic E-state index is 0.611. The first-order chi connectivity index (χ1) is 15.7. The molecular formula is C25H25N7. The van der Waals surface area contributed by atoms with Gasteiger partial charge in [-0.05, 0) is 24.7 Å². The van der Waals surface area contributed by atoms with Crippen LogP contribution < -0.4 is 4.90 Å². The highest BCUT2D eigenvalue weighted by Gasteiger charge is 2.29. The molecule has 1 unspecified atom stereocenters. The van der Waals surface area contributed by atoms with Gasteiger partial charge in [-0.15, -0.1) is 0 Å². The average molecular weight is 424 g/mol. The molecule has 2 aromatic heterocycles. The SMILES string of the molecule is CN1CCN(c2nc3ccccc3nc2C(C#N)c2nccn2Cc2ccccc2)CC1. The Morgan fingerprint density at radius 2 is 1.62 bits per heavy atom. The lowest BCUT2D eigenvalue weighted by molar-refractivity contribution is 0.311. The van der Waals surface area contributed by atoms with Crippen molar-refractivity contribution in [3.8, 4) is 6.07 Å². The molecule has 1 fully saturated rings. The Hall–Kier alpha value is -3.76. The zero-order valence-corrected chi connectivity index (χ0v) is 18.1. The summed E-state index contributed by atoms with van der Waals surface area (Å²) in [6, 6.07) is 20.5. The van der Waals surface area contributed by atoms with Gasteiger partial charge in [-0.2, -0.15) is 5.26 Å². The van der Waals surface area contributed by atoms with Gasteiger partial charge in [0.05, 0.1) is 17.1 Å². The molecule has 0 saturated carbocycles. The Bertz CT molecular complexity index is 1250. The van der Waals surface area contributed by atoms with Crippen LogP contribution in [-0.4, -0.2) is 57.6 Å². The molecule has 1 saturated heterocycles. The van der Waals surface area contributed by atoms with E-state index in [1.165, 1.54) is 0 Å². The molecule has 160 valence electrons. The van der Waals surface area contributed by atoms with Crippen molar-refractivity contribution in [2.45, 2.75) is 12.5 Å². The summed E-state index contributed by atoms with van der Waals surface area (Å²) in [4.78, 5) is 19.1. The van der Waals surface area contributed by atoms with Crippen molar-refractivity contribution in [1.29, 1.82) is 5.26 Å². The molecular weight excluding hydrogens is 398 g/mol. The number of imidazole rings is 1. The first-order valence-electron chi connectivity index (χ1n) is 10.9. The van der Waals surface area contributed by atoms with Gasteiger partial charge in [-0.1, -0.05) is 42.5 Å². The van der Waals surface area contributed by atoms with E-state index in [0.29, 0.717) is 18.1 Å². The molecule has 1 aliphatic heterocycles. The van der Waals surface area contributed by atoms with Gasteiger partial charge >= 0.3 is 0 Å². The topological polar surface area (TPSA) is 73.9 Å². The molecule has 2 aromatic carbocycles. The quantitative estimate of drug-likeness (QED) is 0.490. The Balaban J connectivity index is 1.59. The minimum atomic E-state index is -0.611. The number of rotatable bonds is 5. The second kappa shape index (κ2) is 8.77. The zero-order valence-electron chi connectivity index (χ0n) is 18.1. The molecule has 7 nitrogen and oxygen atoms in total. The molecule has 4 aromatic rings. The lowest BCUT2D eigenvalue weighted by atomic mass is 10.0. The third kappa shape index (κ3) is 3.93. The van der Waals surface area contributed by atoms with Crippen LogP contribution >= 0.6 is 0 Å². The van der Waals surface area contributed by atoms with Gasteiger partial charge in [-0.3, -0.25) is 0 Å². The number of para-hydroxylation sites is 2. The third-order valence-corrected chi connectivity index (χ3v) is 5.99. The highest BCUT2D eigenvalue weighted by Crippen LogP contribution is 2.31. The number of likely N-dealkylation sites (N-methyl/N-ethyl adjacent to an activating group) is 1. The van der Waals surface area contributed by atoms with Crippen LogP contribution in [0.25, 0.3) is 11.0 Å². The van der Waals surface area contributed by atoms with Crippen LogP contribution in [0, 0.1) is 11.3 Å². The predicted molar refractivity (Wildman–Crippen MR) is 124 cm³/mol. The van der Waals surface area contributed by atoms with E-state index in [1.807, 2.05) is 53.2 Å². The summed E-state index contributed by atoms with van der Waals surface area (Å²) >= 11 is 0. The number of hydrogen-bond donors (Lipinski definition) is 0. The van der Waals surface area contributed by atoms with Crippen molar-refractivity contribution in [1.82, 2.24) is 24.4 Å². The first-order valence-corrected chi connectivity index (χ1v) is 10.9. The van der Waals surface area contributed by atoms with Gasteiger partial charge in [0, 0.05) is 45.1 Å². The van der Waals surface area contributed by atoms with Crippen molar-refractivity contribution in [2.75, 3.05) is 38.1 Å². The highest BCUT2D eigenvalue weighted by atomic mass is 15.3. The lowest BCUT2D eigenvalue weighted by Crippen LogP contribution is -2.45. The van der Waals surface area contributed by atoms with Crippen molar-refractivity contribution in [2.24, 2.45) is 0 Å². The fourth-order valence-corrected chi connectivity index (χ4v) is 4.19. The van der Waals surface area contributed by atoms with Gasteiger partial charge in [0.1, 0.15) is 17.4 Å². The van der Waals surface area contributed by atoms with Gasteiger partial charge in [0.15, 0.2) is 5.82 Å². The smallest absolute Gasteiger partial charge is 0.153 e. The number of nitrogens with zero attached hydrogens (tertiary/aromatic N) is 7. The Labute approximate surface area is 187 Å². The van der Waals surface area contributed by atoms with Crippen molar-refractivity contribution >= 4 is 16.9 Å². The van der Waals surface area contributed by atoms with Crippen LogP contribution in [0.5, 0.6) is 0 Å². The minimum Gasteiger partial charge on any atom is -0.352 e. The summed E-state index contributed by atoms with van der Waals surface area (Å²) in [5.74, 6) is 0.870. The summed E-state index contributed by atoms with van der Waals surface area (Å²) in [7, 11) is 2.13. The van der Waals surface area contributed by atoms with E-state index in [9.17, 15) is 5.26 Å². The molecule has 0 N–H and O–H groups in total. The molecule has 1 atom stereocenters. The summed E-state index contributed by atoms with van der Waals surface area (Å²) < 4.78 is 2.04. The van der Waals surface area contributed by atoms with E-state index < -0.39 is 5.92 Å². The molecule has 0 radical (unpaired) electrons. The molecule has 5 rings (SSSR count). The van der Waals surface area contributed by atoms with Crippen molar-refractivity contribution in [3.63, 3.8) is 0 Å². The summed E-state index contributed by atoms with van der Waals surface area (Å²) in [5.41, 5.74) is 3.47. The maximum Gasteiger partial charge on any atom is 0.153 e. The number of nitriles is 1. The normalized spacial score (nSPS) is 15.6. The van der Waals surface area contributed by atoms with Crippen LogP contribution in [0.2, 0.25) is 0 Å². The Morgan fingerprint density at radius 3 is 2.34 bits per heavy atom. The van der Waals surface area contributed by atoms with Crippen LogP contribution in [0.15, 0.2) is 67.0 Å². The lowest BCUT2D eigenvalue weighted by Gasteiger charge is -2.34. The van der Waals surface area contributed by atoms with Crippen LogP contribution in [0.3, 0.4) is 0 Å². The molecule has 7 heteroatoms. The number of benzene rings is 2. The molecule has 0 bridgehead atoms. The van der Waals surface area contributed by atoms with Crippen LogP contribution in [-0.2, 0) is 6.54 Å². The number of fused-ring (bicyclic) bond motifs is 1. The van der Waals surface area contributed by atoms with E-state index >= 15 is 0 Å². The van der Waals surface area contributed by atoms with Crippen LogP contribution in [0.1, 0.15) is 23.0 Å². The average Bonchev–Trinajstić information content (AvgIpc) is 3.28. The van der Waals surface area contributed by atoms with Crippen molar-refractivity contribution in [3.05, 3.63) is 84.1 Å². The highest BCUT2D eigenvalue weighted by molar-refractivity contribution is 5.77. The summed E-state index contributed by atoms with van der Waals surface area (Å²) in [5, 5.41) is 10.3. The first kappa shape index (κ1) is 20.2. The molecule has 32 heavy (non-hydrogen) atoms. The zero-order chi connectivity index (χ0) is 21.9. The van der Waals surface area contributed by atoms with E-state index in [0.717, 1.165) is 48.6 Å². The number of piperazine rings is 1. The molecule has 0 spiro atoms. The predicted octanol–water partition coefficient (Wildman–Crippen LogP) is 3.28. The second-order valence-corrected chi connectivity index (χ2v) is 8.17. The van der Waals surface area contributed by atoms with Gasteiger partial charge < -0.3 is 14.4 Å². The van der Waals surface area contributed by atoms with E-state index in [2.05, 4.69) is 40.0 Å². The maximum atomic E-state index is 10.3. The number of anilines is 1. The number of hydrogen-bond acceptors (Lipinski definition) is 6. The standard InChI is InChI=1S/C25H25N7/c1-30-13-15-31(16-14-30)25-23(28-21-9-5-6-10-22(21)29-25)20(17-26)24-27-11-12-32(24)18-19-7-3-2-4-8-19/h2-12,20H,13-16,18H2,1H3. The van der Waals surface area contributed by atoms with Crippen molar-refractivity contribution < 1.29 is 0 Å². The molecule has 0 aliphatic carbocycles. The summed E-state index contributed by atoms with van der Waals surface area (Å²) in [6.45, 7) is 4.26. The third-order valence-electron chi connectivity index (χ3n) is 5.99. The fourth-order valence-electron chi connectivity index (χ4n) is 4.19. The molecule has 1 aliphatic rings. The second-order valence-electron chi connectivity index (χ2n) is 8.17. The van der Waals surface area contributed by atoms with E-state index in [-0.39, 0.29) is 0 Å². The van der Waals surface area contributed by atoms with Gasteiger partial charge in [0.2, 0.25) is 0 Å². The van der Waals surface area contributed by atoms with Gasteiger partial charge in [0.25, 0.3) is 0 Å². The monoisotopic (exact) mass is 423 g/mol. The fraction of sp³-hybridized carbons (Fsp3) is 0.280. The molecule has 0 amide bonds. The summed E-state index contributed by atoms with van der Waals surface area (Å²) in [6.07, 6.45) is 3.68. The maximum absolute atomic E-state index is 10.3. The Kier molecular flexibility index (Phi) is 5.53. The van der Waals surface area contributed by atoms with E-state index in [4.69, 9.17) is 9.97 Å². The van der Waals surface area contributed by atoms with E-state index in [1.54, 1.807) is 6.20 Å².